The van der Waals surface area contributed by atoms with E-state index in [4.69, 9.17) is 4.74 Å². The maximum Gasteiger partial charge on any atom is 0.251 e. The number of nitrogens with one attached hydrogen (secondary N) is 2. The van der Waals surface area contributed by atoms with Crippen molar-refractivity contribution >= 4 is 17.5 Å². The second kappa shape index (κ2) is 11.1. The Hall–Kier alpha value is -2.70. The second-order valence-electron chi connectivity index (χ2n) is 6.39. The maximum atomic E-state index is 12.3. The van der Waals surface area contributed by atoms with Gasteiger partial charge in [-0.15, -0.1) is 0 Å². The fourth-order valence-corrected chi connectivity index (χ4v) is 2.66. The first-order valence-electron chi connectivity index (χ1n) is 8.98. The molecular formula is C21H27N3O3. The van der Waals surface area contributed by atoms with E-state index < -0.39 is 0 Å². The highest BCUT2D eigenvalue weighted by molar-refractivity contribution is 5.97. The van der Waals surface area contributed by atoms with Crippen LogP contribution in [0.3, 0.4) is 0 Å². The lowest BCUT2D eigenvalue weighted by atomic mass is 10.2. The monoisotopic (exact) mass is 369 g/mol. The Morgan fingerprint density at radius 3 is 2.59 bits per heavy atom. The zero-order chi connectivity index (χ0) is 19.5. The number of ether oxygens (including phenoxy) is 1. The van der Waals surface area contributed by atoms with Crippen LogP contribution in [0.15, 0.2) is 54.6 Å². The fourth-order valence-electron chi connectivity index (χ4n) is 2.66. The molecule has 2 N–H and O–H groups in total. The molecule has 0 spiro atoms. The number of likely N-dealkylation sites (N-methyl/N-ethyl adjacent to an activating group) is 1. The van der Waals surface area contributed by atoms with E-state index in [0.29, 0.717) is 30.9 Å². The molecule has 0 aliphatic heterocycles. The van der Waals surface area contributed by atoms with Crippen molar-refractivity contribution in [1.82, 2.24) is 10.2 Å². The van der Waals surface area contributed by atoms with Gasteiger partial charge in [0.2, 0.25) is 5.91 Å². The Morgan fingerprint density at radius 2 is 1.85 bits per heavy atom. The van der Waals surface area contributed by atoms with Gasteiger partial charge >= 0.3 is 0 Å². The summed E-state index contributed by atoms with van der Waals surface area (Å²) in [6, 6.07) is 16.9. The predicted molar refractivity (Wildman–Crippen MR) is 107 cm³/mol. The predicted octanol–water partition coefficient (Wildman–Crippen LogP) is 2.52. The smallest absolute Gasteiger partial charge is 0.251 e. The number of amides is 2. The number of benzene rings is 2. The van der Waals surface area contributed by atoms with E-state index in [1.54, 1.807) is 31.4 Å². The van der Waals surface area contributed by atoms with Crippen molar-refractivity contribution in [2.45, 2.75) is 13.0 Å². The number of hydrogen-bond donors (Lipinski definition) is 2. The van der Waals surface area contributed by atoms with E-state index in [1.807, 2.05) is 42.3 Å². The summed E-state index contributed by atoms with van der Waals surface area (Å²) in [5.41, 5.74) is 2.28. The number of rotatable bonds is 10. The molecule has 27 heavy (non-hydrogen) atoms. The van der Waals surface area contributed by atoms with Gasteiger partial charge in [0.15, 0.2) is 0 Å². The molecular weight excluding hydrogens is 342 g/mol. The molecule has 2 amide bonds. The van der Waals surface area contributed by atoms with Gasteiger partial charge in [-0.2, -0.15) is 0 Å². The summed E-state index contributed by atoms with van der Waals surface area (Å²) in [5.74, 6) is -0.283. The molecule has 2 aromatic rings. The largest absolute Gasteiger partial charge is 0.385 e. The number of methoxy groups -OCH3 is 1. The van der Waals surface area contributed by atoms with Crippen LogP contribution in [0.25, 0.3) is 0 Å². The van der Waals surface area contributed by atoms with Crippen molar-refractivity contribution in [3.63, 3.8) is 0 Å². The Kier molecular flexibility index (Phi) is 8.48. The van der Waals surface area contributed by atoms with E-state index in [9.17, 15) is 9.59 Å². The lowest BCUT2D eigenvalue weighted by Crippen LogP contribution is -2.30. The van der Waals surface area contributed by atoms with Gasteiger partial charge in [0, 0.05) is 38.1 Å². The zero-order valence-corrected chi connectivity index (χ0v) is 15.9. The van der Waals surface area contributed by atoms with Crippen molar-refractivity contribution in [2.75, 3.05) is 39.2 Å². The lowest BCUT2D eigenvalue weighted by molar-refractivity contribution is -0.117. The van der Waals surface area contributed by atoms with E-state index in [-0.39, 0.29) is 18.4 Å². The summed E-state index contributed by atoms with van der Waals surface area (Å²) in [6.07, 6.45) is 0.756. The minimum atomic E-state index is -0.164. The van der Waals surface area contributed by atoms with Gasteiger partial charge < -0.3 is 15.4 Å². The molecule has 6 nitrogen and oxygen atoms in total. The molecule has 0 saturated heterocycles. The van der Waals surface area contributed by atoms with E-state index >= 15 is 0 Å². The molecule has 2 rings (SSSR count). The molecule has 0 atom stereocenters. The highest BCUT2D eigenvalue weighted by Gasteiger charge is 2.10. The Balaban J connectivity index is 1.83. The molecule has 0 aliphatic carbocycles. The third-order valence-electron chi connectivity index (χ3n) is 3.93. The van der Waals surface area contributed by atoms with Gasteiger partial charge in [-0.3, -0.25) is 14.5 Å². The summed E-state index contributed by atoms with van der Waals surface area (Å²) in [7, 11) is 3.53. The minimum absolute atomic E-state index is 0.119. The Bertz CT molecular complexity index is 734. The Morgan fingerprint density at radius 1 is 1.07 bits per heavy atom. The van der Waals surface area contributed by atoms with Crippen molar-refractivity contribution in [1.29, 1.82) is 0 Å². The molecule has 0 unspecified atom stereocenters. The second-order valence-corrected chi connectivity index (χ2v) is 6.39. The van der Waals surface area contributed by atoms with Gasteiger partial charge in [0.25, 0.3) is 5.91 Å². The SMILES string of the molecule is COCCCNC(=O)c1cccc(NC(=O)CN(C)Cc2ccccc2)c1. The van der Waals surface area contributed by atoms with Crippen LogP contribution in [-0.4, -0.2) is 50.6 Å². The van der Waals surface area contributed by atoms with Crippen LogP contribution >= 0.6 is 0 Å². The zero-order valence-electron chi connectivity index (χ0n) is 15.9. The summed E-state index contributed by atoms with van der Waals surface area (Å²) >= 11 is 0. The molecule has 0 fully saturated rings. The van der Waals surface area contributed by atoms with E-state index in [0.717, 1.165) is 12.0 Å². The topological polar surface area (TPSA) is 70.7 Å². The summed E-state index contributed by atoms with van der Waals surface area (Å²) < 4.78 is 4.96. The van der Waals surface area contributed by atoms with Gasteiger partial charge in [0.1, 0.15) is 0 Å². The van der Waals surface area contributed by atoms with Crippen LogP contribution in [0.1, 0.15) is 22.3 Å². The molecule has 0 saturated carbocycles. The average molecular weight is 369 g/mol. The first kappa shape index (κ1) is 20.6. The molecule has 0 heterocycles. The van der Waals surface area contributed by atoms with Crippen molar-refractivity contribution in [2.24, 2.45) is 0 Å². The standard InChI is InChI=1S/C21H27N3O3/c1-24(15-17-8-4-3-5-9-17)16-20(25)23-19-11-6-10-18(14-19)21(26)22-12-7-13-27-2/h3-6,8-11,14H,7,12-13,15-16H2,1-2H3,(H,22,26)(H,23,25). The van der Waals surface area contributed by atoms with E-state index in [1.165, 1.54) is 0 Å². The first-order chi connectivity index (χ1) is 13.1. The fraction of sp³-hybridized carbons (Fsp3) is 0.333. The number of carbonyl (C=O) groups excluding carboxylic acids is 2. The highest BCUT2D eigenvalue weighted by Crippen LogP contribution is 2.11. The average Bonchev–Trinajstić information content (AvgIpc) is 2.66. The number of carbonyl (C=O) groups is 2. The van der Waals surface area contributed by atoms with Gasteiger partial charge in [0.05, 0.1) is 6.54 Å². The highest BCUT2D eigenvalue weighted by atomic mass is 16.5. The van der Waals surface area contributed by atoms with E-state index in [2.05, 4.69) is 10.6 Å². The number of anilines is 1. The number of nitrogens with zero attached hydrogens (tertiary/aromatic N) is 1. The maximum absolute atomic E-state index is 12.3. The van der Waals surface area contributed by atoms with Crippen LogP contribution in [0.5, 0.6) is 0 Å². The molecule has 0 aromatic heterocycles. The third kappa shape index (κ3) is 7.60. The van der Waals surface area contributed by atoms with Gasteiger partial charge in [-0.25, -0.2) is 0 Å². The van der Waals surface area contributed by atoms with Crippen molar-refractivity contribution < 1.29 is 14.3 Å². The van der Waals surface area contributed by atoms with Crippen molar-refractivity contribution in [3.05, 3.63) is 65.7 Å². The molecule has 0 bridgehead atoms. The van der Waals surface area contributed by atoms with Crippen LogP contribution in [0.4, 0.5) is 5.69 Å². The molecule has 0 radical (unpaired) electrons. The molecule has 144 valence electrons. The number of hydrogen-bond acceptors (Lipinski definition) is 4. The summed E-state index contributed by atoms with van der Waals surface area (Å²) in [4.78, 5) is 26.4. The van der Waals surface area contributed by atoms with Crippen LogP contribution < -0.4 is 10.6 Å². The lowest BCUT2D eigenvalue weighted by Gasteiger charge is -2.16. The normalized spacial score (nSPS) is 10.6. The Labute approximate surface area is 160 Å². The third-order valence-corrected chi connectivity index (χ3v) is 3.93. The van der Waals surface area contributed by atoms with Gasteiger partial charge in [-0.1, -0.05) is 36.4 Å². The summed E-state index contributed by atoms with van der Waals surface area (Å²) in [5, 5.41) is 5.68. The minimum Gasteiger partial charge on any atom is -0.385 e. The molecule has 2 aromatic carbocycles. The molecule has 0 aliphatic rings. The van der Waals surface area contributed by atoms with Gasteiger partial charge in [-0.05, 0) is 37.2 Å². The molecule has 6 heteroatoms. The van der Waals surface area contributed by atoms with Crippen molar-refractivity contribution in [3.8, 4) is 0 Å². The van der Waals surface area contributed by atoms with Crippen LogP contribution in [0, 0.1) is 0 Å². The quantitative estimate of drug-likeness (QED) is 0.632. The van der Waals surface area contributed by atoms with Crippen LogP contribution in [-0.2, 0) is 16.1 Å². The van der Waals surface area contributed by atoms with Crippen LogP contribution in [0.2, 0.25) is 0 Å². The summed E-state index contributed by atoms with van der Waals surface area (Å²) in [6.45, 7) is 2.11. The first-order valence-corrected chi connectivity index (χ1v) is 8.98.